The summed E-state index contributed by atoms with van der Waals surface area (Å²) >= 11 is 0. The fraction of sp³-hybridized carbons (Fsp3) is 0.500. The predicted octanol–water partition coefficient (Wildman–Crippen LogP) is 2.38. The lowest BCUT2D eigenvalue weighted by Crippen LogP contribution is -2.25. The molecular formula is C18H25N3O. The van der Waals surface area contributed by atoms with Crippen LogP contribution in [0.4, 0.5) is 0 Å². The molecule has 22 heavy (non-hydrogen) atoms. The van der Waals surface area contributed by atoms with Gasteiger partial charge in [0.05, 0.1) is 0 Å². The number of amides is 1. The molecule has 1 aromatic carbocycles. The highest BCUT2D eigenvalue weighted by Crippen LogP contribution is 2.34. The van der Waals surface area contributed by atoms with E-state index in [2.05, 4.69) is 36.0 Å². The minimum atomic E-state index is -0.00295. The third-order valence-corrected chi connectivity index (χ3v) is 4.79. The second kappa shape index (κ2) is 6.13. The molecule has 0 saturated heterocycles. The third kappa shape index (κ3) is 2.63. The Morgan fingerprint density at radius 2 is 2.27 bits per heavy atom. The Kier molecular flexibility index (Phi) is 4.21. The van der Waals surface area contributed by atoms with E-state index in [9.17, 15) is 4.79 Å². The monoisotopic (exact) mass is 299 g/mol. The minimum Gasteiger partial charge on any atom is -0.352 e. The number of aryl methyl sites for hydroxylation is 1. The van der Waals surface area contributed by atoms with E-state index in [1.54, 1.807) is 0 Å². The number of fused-ring (bicyclic) bond motifs is 3. The summed E-state index contributed by atoms with van der Waals surface area (Å²) in [5, 5.41) is 4.18. The van der Waals surface area contributed by atoms with Gasteiger partial charge in [-0.3, -0.25) is 4.79 Å². The van der Waals surface area contributed by atoms with E-state index < -0.39 is 0 Å². The summed E-state index contributed by atoms with van der Waals surface area (Å²) in [7, 11) is 2.14. The van der Waals surface area contributed by atoms with Crippen molar-refractivity contribution < 1.29 is 4.79 Å². The van der Waals surface area contributed by atoms with Gasteiger partial charge in [-0.1, -0.05) is 6.92 Å². The van der Waals surface area contributed by atoms with Crippen LogP contribution in [-0.4, -0.2) is 23.6 Å². The van der Waals surface area contributed by atoms with Gasteiger partial charge in [0.2, 0.25) is 0 Å². The lowest BCUT2D eigenvalue weighted by atomic mass is 9.87. The highest BCUT2D eigenvalue weighted by molar-refractivity contribution is 5.99. The first-order valence-electron chi connectivity index (χ1n) is 8.20. The molecule has 1 aliphatic rings. The van der Waals surface area contributed by atoms with Gasteiger partial charge in [0.15, 0.2) is 0 Å². The number of aromatic nitrogens is 1. The molecule has 0 radical (unpaired) electrons. The normalized spacial score (nSPS) is 17.5. The summed E-state index contributed by atoms with van der Waals surface area (Å²) in [4.78, 5) is 12.2. The quantitative estimate of drug-likeness (QED) is 0.852. The molecule has 4 nitrogen and oxygen atoms in total. The molecule has 0 bridgehead atoms. The van der Waals surface area contributed by atoms with Crippen LogP contribution in [0.1, 0.15) is 41.4 Å². The average molecular weight is 299 g/mol. The van der Waals surface area contributed by atoms with E-state index >= 15 is 0 Å². The van der Waals surface area contributed by atoms with E-state index in [0.717, 1.165) is 30.7 Å². The van der Waals surface area contributed by atoms with Crippen molar-refractivity contribution in [2.24, 2.45) is 18.7 Å². The number of hydrogen-bond donors (Lipinski definition) is 2. The maximum absolute atomic E-state index is 12.2. The van der Waals surface area contributed by atoms with E-state index in [-0.39, 0.29) is 5.91 Å². The molecule has 118 valence electrons. The highest BCUT2D eigenvalue weighted by atomic mass is 16.1. The molecule has 1 amide bonds. The number of rotatable bonds is 4. The molecule has 4 heteroatoms. The Morgan fingerprint density at radius 1 is 1.45 bits per heavy atom. The SMILES string of the molecule is CC1CCc2c(c3cc(C(=O)NCCCN)ccc3n2C)C1. The van der Waals surface area contributed by atoms with Gasteiger partial charge in [0.1, 0.15) is 0 Å². The van der Waals surface area contributed by atoms with Gasteiger partial charge in [-0.25, -0.2) is 0 Å². The Balaban J connectivity index is 1.95. The van der Waals surface area contributed by atoms with Gasteiger partial charge in [-0.2, -0.15) is 0 Å². The van der Waals surface area contributed by atoms with Crippen LogP contribution in [0.3, 0.4) is 0 Å². The molecule has 0 spiro atoms. The van der Waals surface area contributed by atoms with Crippen LogP contribution in [0.2, 0.25) is 0 Å². The van der Waals surface area contributed by atoms with Crippen LogP contribution in [0.15, 0.2) is 18.2 Å². The number of carbonyl (C=O) groups is 1. The molecule has 1 aliphatic carbocycles. The number of nitrogens with one attached hydrogen (secondary N) is 1. The van der Waals surface area contributed by atoms with Gasteiger partial charge in [0, 0.05) is 35.8 Å². The zero-order valence-corrected chi connectivity index (χ0v) is 13.5. The lowest BCUT2D eigenvalue weighted by molar-refractivity contribution is 0.0953. The van der Waals surface area contributed by atoms with Crippen molar-refractivity contribution >= 4 is 16.8 Å². The Morgan fingerprint density at radius 3 is 3.05 bits per heavy atom. The number of nitrogens with zero attached hydrogens (tertiary/aromatic N) is 1. The fourth-order valence-electron chi connectivity index (χ4n) is 3.50. The molecular weight excluding hydrogens is 274 g/mol. The number of hydrogen-bond acceptors (Lipinski definition) is 2. The van der Waals surface area contributed by atoms with Crippen LogP contribution >= 0.6 is 0 Å². The van der Waals surface area contributed by atoms with Crippen molar-refractivity contribution in [2.45, 2.75) is 32.6 Å². The summed E-state index contributed by atoms with van der Waals surface area (Å²) in [6.07, 6.45) is 4.32. The van der Waals surface area contributed by atoms with Crippen LogP contribution in [-0.2, 0) is 19.9 Å². The highest BCUT2D eigenvalue weighted by Gasteiger charge is 2.22. The van der Waals surface area contributed by atoms with Crippen molar-refractivity contribution in [3.63, 3.8) is 0 Å². The molecule has 3 rings (SSSR count). The van der Waals surface area contributed by atoms with Gasteiger partial charge in [-0.15, -0.1) is 0 Å². The minimum absolute atomic E-state index is 0.00295. The molecule has 1 unspecified atom stereocenters. The zero-order valence-electron chi connectivity index (χ0n) is 13.5. The Labute approximate surface area is 131 Å². The van der Waals surface area contributed by atoms with Crippen LogP contribution < -0.4 is 11.1 Å². The summed E-state index contributed by atoms with van der Waals surface area (Å²) in [5.74, 6) is 0.719. The number of benzene rings is 1. The molecule has 0 aliphatic heterocycles. The fourth-order valence-corrected chi connectivity index (χ4v) is 3.50. The topological polar surface area (TPSA) is 60.1 Å². The van der Waals surface area contributed by atoms with Crippen molar-refractivity contribution in [3.8, 4) is 0 Å². The predicted molar refractivity (Wildman–Crippen MR) is 90.1 cm³/mol. The third-order valence-electron chi connectivity index (χ3n) is 4.79. The molecule has 3 N–H and O–H groups in total. The largest absolute Gasteiger partial charge is 0.352 e. The maximum atomic E-state index is 12.2. The Bertz CT molecular complexity index is 702. The van der Waals surface area contributed by atoms with Crippen molar-refractivity contribution in [1.29, 1.82) is 0 Å². The van der Waals surface area contributed by atoms with Gasteiger partial charge < -0.3 is 15.6 Å². The number of nitrogens with two attached hydrogens (primary N) is 1. The van der Waals surface area contributed by atoms with Gasteiger partial charge in [0.25, 0.3) is 5.91 Å². The summed E-state index contributed by atoms with van der Waals surface area (Å²) in [6, 6.07) is 6.06. The van der Waals surface area contributed by atoms with Gasteiger partial charge in [-0.05, 0) is 61.9 Å². The van der Waals surface area contributed by atoms with Gasteiger partial charge >= 0.3 is 0 Å². The summed E-state index contributed by atoms with van der Waals surface area (Å²) in [5.41, 5.74) is 10.3. The molecule has 2 aromatic rings. The van der Waals surface area contributed by atoms with E-state index in [0.29, 0.717) is 13.1 Å². The Hall–Kier alpha value is -1.81. The first kappa shape index (κ1) is 15.1. The molecule has 1 atom stereocenters. The molecule has 1 aromatic heterocycles. The lowest BCUT2D eigenvalue weighted by Gasteiger charge is -2.19. The molecule has 0 fully saturated rings. The van der Waals surface area contributed by atoms with Crippen molar-refractivity contribution in [3.05, 3.63) is 35.0 Å². The van der Waals surface area contributed by atoms with E-state index in [1.165, 1.54) is 28.6 Å². The van der Waals surface area contributed by atoms with Crippen LogP contribution in [0, 0.1) is 5.92 Å². The second-order valence-corrected chi connectivity index (χ2v) is 6.46. The smallest absolute Gasteiger partial charge is 0.251 e. The summed E-state index contributed by atoms with van der Waals surface area (Å²) in [6.45, 7) is 3.55. The van der Waals surface area contributed by atoms with E-state index in [1.807, 2.05) is 6.07 Å². The van der Waals surface area contributed by atoms with Crippen molar-refractivity contribution in [2.75, 3.05) is 13.1 Å². The molecule has 0 saturated carbocycles. The first-order valence-corrected chi connectivity index (χ1v) is 8.20. The first-order chi connectivity index (χ1) is 10.6. The zero-order chi connectivity index (χ0) is 15.7. The summed E-state index contributed by atoms with van der Waals surface area (Å²) < 4.78 is 2.30. The maximum Gasteiger partial charge on any atom is 0.251 e. The second-order valence-electron chi connectivity index (χ2n) is 6.46. The molecule has 1 heterocycles. The van der Waals surface area contributed by atoms with Crippen LogP contribution in [0.5, 0.6) is 0 Å². The van der Waals surface area contributed by atoms with E-state index in [4.69, 9.17) is 5.73 Å². The average Bonchev–Trinajstić information content (AvgIpc) is 2.79. The standard InChI is InChI=1S/C18H25N3O/c1-12-4-6-16-14(10-12)15-11-13(5-7-17(15)21(16)2)18(22)20-9-3-8-19/h5,7,11-12H,3-4,6,8-10,19H2,1-2H3,(H,20,22). The number of carbonyl (C=O) groups excluding carboxylic acids is 1. The van der Waals surface area contributed by atoms with Crippen molar-refractivity contribution in [1.82, 2.24) is 9.88 Å². The van der Waals surface area contributed by atoms with Crippen LogP contribution in [0.25, 0.3) is 10.9 Å².